The van der Waals surface area contributed by atoms with Crippen LogP contribution in [0.2, 0.25) is 0 Å². The summed E-state index contributed by atoms with van der Waals surface area (Å²) in [5.74, 6) is -3.21. The summed E-state index contributed by atoms with van der Waals surface area (Å²) < 4.78 is 40.9. The molecule has 0 amide bonds. The average molecular weight is 295 g/mol. The maximum absolute atomic E-state index is 13.7. The topological polar surface area (TPSA) is 43.8 Å². The van der Waals surface area contributed by atoms with Gasteiger partial charge in [0.25, 0.3) is 0 Å². The van der Waals surface area contributed by atoms with E-state index in [2.05, 4.69) is 5.10 Å². The Kier molecular flexibility index (Phi) is 2.98. The number of halogens is 3. The largest absolute Gasteiger partial charge is 0.384 e. The molecule has 0 aliphatic heterocycles. The SMILES string of the molecule is Nc1cc(-c2cccs2)nn1-c1cc(F)c(F)cc1F. The molecule has 20 heavy (non-hydrogen) atoms. The minimum atomic E-state index is -1.25. The van der Waals surface area contributed by atoms with Crippen LogP contribution < -0.4 is 5.73 Å². The lowest BCUT2D eigenvalue weighted by Gasteiger charge is -2.06. The van der Waals surface area contributed by atoms with Crippen LogP contribution >= 0.6 is 11.3 Å². The molecule has 3 rings (SSSR count). The van der Waals surface area contributed by atoms with Crippen LogP contribution in [0.4, 0.5) is 19.0 Å². The summed E-state index contributed by atoms with van der Waals surface area (Å²) in [6, 6.07) is 6.42. The van der Waals surface area contributed by atoms with Crippen LogP contribution in [0.5, 0.6) is 0 Å². The highest BCUT2D eigenvalue weighted by atomic mass is 32.1. The molecule has 0 saturated heterocycles. The maximum atomic E-state index is 13.7. The molecule has 0 fully saturated rings. The molecule has 0 saturated carbocycles. The predicted molar refractivity (Wildman–Crippen MR) is 71.2 cm³/mol. The van der Waals surface area contributed by atoms with Gasteiger partial charge in [0.2, 0.25) is 0 Å². The van der Waals surface area contributed by atoms with Crippen molar-refractivity contribution in [2.45, 2.75) is 0 Å². The lowest BCUT2D eigenvalue weighted by molar-refractivity contribution is 0.491. The van der Waals surface area contributed by atoms with Crippen molar-refractivity contribution in [2.75, 3.05) is 5.73 Å². The molecule has 0 atom stereocenters. The number of nitrogens with two attached hydrogens (primary N) is 1. The predicted octanol–water partition coefficient (Wildman–Crippen LogP) is 3.60. The third-order valence-electron chi connectivity index (χ3n) is 2.73. The summed E-state index contributed by atoms with van der Waals surface area (Å²) in [6.07, 6.45) is 0. The number of anilines is 1. The molecule has 1 aromatic carbocycles. The van der Waals surface area contributed by atoms with Crippen molar-refractivity contribution in [2.24, 2.45) is 0 Å². The monoisotopic (exact) mass is 295 g/mol. The molecule has 2 aromatic heterocycles. The maximum Gasteiger partial charge on any atom is 0.161 e. The molecule has 2 N–H and O–H groups in total. The van der Waals surface area contributed by atoms with Crippen molar-refractivity contribution in [1.29, 1.82) is 0 Å². The van der Waals surface area contributed by atoms with E-state index < -0.39 is 17.5 Å². The first-order valence-electron chi connectivity index (χ1n) is 5.60. The average Bonchev–Trinajstić information content (AvgIpc) is 3.03. The van der Waals surface area contributed by atoms with E-state index in [9.17, 15) is 13.2 Å². The van der Waals surface area contributed by atoms with Crippen molar-refractivity contribution >= 4 is 17.2 Å². The van der Waals surface area contributed by atoms with Gasteiger partial charge >= 0.3 is 0 Å². The standard InChI is InChI=1S/C13H8F3N3S/c14-7-4-9(16)11(5-8(7)15)19-13(17)6-10(18-19)12-2-1-3-20-12/h1-6H,17H2. The van der Waals surface area contributed by atoms with Crippen LogP contribution in [0.1, 0.15) is 0 Å². The molecular formula is C13H8F3N3S. The van der Waals surface area contributed by atoms with Gasteiger partial charge in [-0.3, -0.25) is 0 Å². The zero-order chi connectivity index (χ0) is 14.3. The Hall–Kier alpha value is -2.28. The molecule has 7 heteroatoms. The molecule has 0 aliphatic carbocycles. The van der Waals surface area contributed by atoms with E-state index in [1.165, 1.54) is 11.3 Å². The molecule has 0 spiro atoms. The summed E-state index contributed by atoms with van der Waals surface area (Å²) in [5.41, 5.74) is 6.07. The Bertz CT molecular complexity index is 766. The summed E-state index contributed by atoms with van der Waals surface area (Å²) >= 11 is 1.44. The van der Waals surface area contributed by atoms with Gasteiger partial charge in [0.15, 0.2) is 17.5 Å². The summed E-state index contributed by atoms with van der Waals surface area (Å²) in [6.45, 7) is 0. The first-order valence-corrected chi connectivity index (χ1v) is 6.48. The van der Waals surface area contributed by atoms with Crippen molar-refractivity contribution in [3.8, 4) is 16.3 Å². The van der Waals surface area contributed by atoms with Gasteiger partial charge in [0, 0.05) is 18.2 Å². The van der Waals surface area contributed by atoms with Crippen molar-refractivity contribution in [3.63, 3.8) is 0 Å². The van der Waals surface area contributed by atoms with Gasteiger partial charge in [-0.15, -0.1) is 11.3 Å². The molecule has 3 aromatic rings. The van der Waals surface area contributed by atoms with E-state index in [0.717, 1.165) is 15.6 Å². The summed E-state index contributed by atoms with van der Waals surface area (Å²) in [4.78, 5) is 0.846. The number of rotatable bonds is 2. The van der Waals surface area contributed by atoms with E-state index in [1.54, 1.807) is 6.07 Å². The number of hydrogen-bond acceptors (Lipinski definition) is 3. The smallest absolute Gasteiger partial charge is 0.161 e. The van der Waals surface area contributed by atoms with Gasteiger partial charge in [0.05, 0.1) is 4.88 Å². The Balaban J connectivity index is 2.14. The number of thiophene rings is 1. The fourth-order valence-electron chi connectivity index (χ4n) is 1.81. The molecule has 0 unspecified atom stereocenters. The molecule has 0 bridgehead atoms. The van der Waals surface area contributed by atoms with Crippen LogP contribution in [0.15, 0.2) is 35.7 Å². The molecule has 0 radical (unpaired) electrons. The van der Waals surface area contributed by atoms with E-state index in [1.807, 2.05) is 17.5 Å². The van der Waals surface area contributed by atoms with Gasteiger partial charge in [-0.1, -0.05) is 6.07 Å². The van der Waals surface area contributed by atoms with Gasteiger partial charge in [-0.05, 0) is 11.4 Å². The van der Waals surface area contributed by atoms with Crippen LogP contribution in [-0.2, 0) is 0 Å². The Labute approximate surface area is 116 Å². The van der Waals surface area contributed by atoms with Crippen LogP contribution in [-0.4, -0.2) is 9.78 Å². The highest BCUT2D eigenvalue weighted by Crippen LogP contribution is 2.27. The lowest BCUT2D eigenvalue weighted by Crippen LogP contribution is -2.05. The summed E-state index contributed by atoms with van der Waals surface area (Å²) in [7, 11) is 0. The third-order valence-corrected chi connectivity index (χ3v) is 3.62. The zero-order valence-corrected chi connectivity index (χ0v) is 10.8. The van der Waals surface area contributed by atoms with E-state index in [-0.39, 0.29) is 11.5 Å². The number of hydrogen-bond donors (Lipinski definition) is 1. The number of nitrogens with zero attached hydrogens (tertiary/aromatic N) is 2. The van der Waals surface area contributed by atoms with E-state index >= 15 is 0 Å². The zero-order valence-electron chi connectivity index (χ0n) is 9.98. The highest BCUT2D eigenvalue weighted by molar-refractivity contribution is 7.13. The van der Waals surface area contributed by atoms with E-state index in [0.29, 0.717) is 11.8 Å². The van der Waals surface area contributed by atoms with E-state index in [4.69, 9.17) is 5.73 Å². The van der Waals surface area contributed by atoms with Crippen molar-refractivity contribution in [1.82, 2.24) is 9.78 Å². The second-order valence-corrected chi connectivity index (χ2v) is 5.01. The molecule has 2 heterocycles. The minimum Gasteiger partial charge on any atom is -0.384 e. The number of benzene rings is 1. The van der Waals surface area contributed by atoms with Crippen molar-refractivity contribution in [3.05, 3.63) is 53.2 Å². The fraction of sp³-hybridized carbons (Fsp3) is 0. The van der Waals surface area contributed by atoms with Crippen LogP contribution in [0.3, 0.4) is 0 Å². The Morgan fingerprint density at radius 1 is 1.05 bits per heavy atom. The Morgan fingerprint density at radius 3 is 2.50 bits per heavy atom. The minimum absolute atomic E-state index is 0.137. The van der Waals surface area contributed by atoms with Crippen LogP contribution in [0, 0.1) is 17.5 Å². The molecule has 3 nitrogen and oxygen atoms in total. The lowest BCUT2D eigenvalue weighted by atomic mass is 10.3. The van der Waals surface area contributed by atoms with Crippen molar-refractivity contribution < 1.29 is 13.2 Å². The van der Waals surface area contributed by atoms with Gasteiger partial charge in [-0.25, -0.2) is 17.9 Å². The third kappa shape index (κ3) is 2.05. The molecule has 102 valence electrons. The molecule has 0 aliphatic rings. The quantitative estimate of drug-likeness (QED) is 0.734. The normalized spacial score (nSPS) is 10.9. The second kappa shape index (κ2) is 4.68. The molecular weight excluding hydrogens is 287 g/mol. The van der Waals surface area contributed by atoms with Gasteiger partial charge in [0.1, 0.15) is 17.2 Å². The second-order valence-electron chi connectivity index (χ2n) is 4.06. The van der Waals surface area contributed by atoms with Crippen LogP contribution in [0.25, 0.3) is 16.3 Å². The fourth-order valence-corrected chi connectivity index (χ4v) is 2.49. The Morgan fingerprint density at radius 2 is 1.80 bits per heavy atom. The first kappa shape index (κ1) is 12.7. The number of nitrogen functional groups attached to an aromatic ring is 1. The van der Waals surface area contributed by atoms with Gasteiger partial charge in [-0.2, -0.15) is 5.10 Å². The number of aromatic nitrogens is 2. The van der Waals surface area contributed by atoms with Gasteiger partial charge < -0.3 is 5.73 Å². The first-order chi connectivity index (χ1) is 9.56. The highest BCUT2D eigenvalue weighted by Gasteiger charge is 2.16. The summed E-state index contributed by atoms with van der Waals surface area (Å²) in [5, 5.41) is 5.99.